The van der Waals surface area contributed by atoms with Crippen molar-refractivity contribution >= 4 is 23.1 Å². The van der Waals surface area contributed by atoms with E-state index in [2.05, 4.69) is 38.3 Å². The number of aromatic nitrogens is 3. The number of ether oxygens (including phenoxy) is 1. The molecule has 0 saturated heterocycles. The summed E-state index contributed by atoms with van der Waals surface area (Å²) in [6.45, 7) is 0. The van der Waals surface area contributed by atoms with Crippen LogP contribution in [0.4, 0.5) is 0 Å². The van der Waals surface area contributed by atoms with Gasteiger partial charge in [-0.2, -0.15) is 0 Å². The van der Waals surface area contributed by atoms with Gasteiger partial charge in [0, 0.05) is 12.8 Å². The lowest BCUT2D eigenvalue weighted by atomic mass is 10.2. The van der Waals surface area contributed by atoms with Gasteiger partial charge in [0.2, 0.25) is 0 Å². The maximum absolute atomic E-state index is 5.17. The Hall–Kier alpha value is -1.79. The highest BCUT2D eigenvalue weighted by atomic mass is 32.2. The molecule has 2 aromatic heterocycles. The summed E-state index contributed by atoms with van der Waals surface area (Å²) in [7, 11) is 3.70. The molecular formula is C16H17N3OS2. The maximum Gasteiger partial charge on any atom is 0.191 e. The van der Waals surface area contributed by atoms with E-state index in [-0.39, 0.29) is 0 Å². The van der Waals surface area contributed by atoms with Crippen LogP contribution in [0.25, 0.3) is 10.7 Å². The summed E-state index contributed by atoms with van der Waals surface area (Å²) in [6, 6.07) is 12.3. The Labute approximate surface area is 138 Å². The van der Waals surface area contributed by atoms with E-state index in [0.717, 1.165) is 33.8 Å². The molecule has 0 aliphatic carbocycles. The summed E-state index contributed by atoms with van der Waals surface area (Å²) < 4.78 is 7.23. The molecule has 0 saturated carbocycles. The minimum Gasteiger partial charge on any atom is -0.497 e. The Morgan fingerprint density at radius 2 is 2.00 bits per heavy atom. The fraction of sp³-hybridized carbons (Fsp3) is 0.250. The number of nitrogens with zero attached hydrogens (tertiary/aromatic N) is 3. The summed E-state index contributed by atoms with van der Waals surface area (Å²) in [6.07, 6.45) is 0.996. The molecule has 0 radical (unpaired) electrons. The minimum atomic E-state index is 0.894. The molecule has 0 amide bonds. The number of rotatable bonds is 6. The van der Waals surface area contributed by atoms with Crippen molar-refractivity contribution in [2.45, 2.75) is 11.6 Å². The number of hydrogen-bond donors (Lipinski definition) is 0. The van der Waals surface area contributed by atoms with Crippen molar-refractivity contribution in [3.8, 4) is 16.5 Å². The summed E-state index contributed by atoms with van der Waals surface area (Å²) in [4.78, 5) is 1.15. The molecule has 0 atom stereocenters. The number of aryl methyl sites for hydroxylation is 1. The minimum absolute atomic E-state index is 0.894. The third-order valence-electron chi connectivity index (χ3n) is 3.36. The first kappa shape index (κ1) is 15.1. The van der Waals surface area contributed by atoms with Crippen molar-refractivity contribution in [1.29, 1.82) is 0 Å². The van der Waals surface area contributed by atoms with Crippen LogP contribution in [0, 0.1) is 0 Å². The standard InChI is InChI=1S/C16H17N3OS2/c1-19-15(14-4-3-10-21-14)17-18-16(19)22-11-9-12-5-7-13(20-2)8-6-12/h3-8,10H,9,11H2,1-2H3. The number of thioether (sulfide) groups is 1. The number of benzene rings is 1. The first-order chi connectivity index (χ1) is 10.8. The van der Waals surface area contributed by atoms with Gasteiger partial charge >= 0.3 is 0 Å². The molecule has 3 rings (SSSR count). The van der Waals surface area contributed by atoms with E-state index in [1.807, 2.05) is 25.2 Å². The van der Waals surface area contributed by atoms with Gasteiger partial charge in [0.25, 0.3) is 0 Å². The second kappa shape index (κ2) is 6.98. The van der Waals surface area contributed by atoms with Crippen molar-refractivity contribution in [1.82, 2.24) is 14.8 Å². The van der Waals surface area contributed by atoms with Gasteiger partial charge in [-0.25, -0.2) is 0 Å². The molecule has 0 unspecified atom stereocenters. The molecule has 114 valence electrons. The first-order valence-electron chi connectivity index (χ1n) is 6.97. The molecule has 0 spiro atoms. The Morgan fingerprint density at radius 1 is 1.18 bits per heavy atom. The molecule has 3 aromatic rings. The zero-order valence-corrected chi connectivity index (χ0v) is 14.2. The molecule has 2 heterocycles. The van der Waals surface area contributed by atoms with Gasteiger partial charge in [-0.3, -0.25) is 0 Å². The van der Waals surface area contributed by atoms with Gasteiger partial charge in [0.1, 0.15) is 5.75 Å². The molecule has 0 fully saturated rings. The molecular weight excluding hydrogens is 314 g/mol. The Bertz CT molecular complexity index is 720. The van der Waals surface area contributed by atoms with E-state index >= 15 is 0 Å². The van der Waals surface area contributed by atoms with E-state index in [9.17, 15) is 0 Å². The highest BCUT2D eigenvalue weighted by molar-refractivity contribution is 7.99. The highest BCUT2D eigenvalue weighted by Gasteiger charge is 2.11. The van der Waals surface area contributed by atoms with Crippen LogP contribution in [-0.2, 0) is 13.5 Å². The lowest BCUT2D eigenvalue weighted by Crippen LogP contribution is -1.95. The van der Waals surface area contributed by atoms with Crippen LogP contribution < -0.4 is 4.74 Å². The van der Waals surface area contributed by atoms with Crippen LogP contribution in [-0.4, -0.2) is 27.6 Å². The van der Waals surface area contributed by atoms with E-state index in [1.54, 1.807) is 30.2 Å². The summed E-state index contributed by atoms with van der Waals surface area (Å²) in [5.41, 5.74) is 1.30. The lowest BCUT2D eigenvalue weighted by Gasteiger charge is -2.04. The van der Waals surface area contributed by atoms with Crippen LogP contribution in [0.1, 0.15) is 5.56 Å². The normalized spacial score (nSPS) is 10.8. The quantitative estimate of drug-likeness (QED) is 0.643. The molecule has 1 aromatic carbocycles. The monoisotopic (exact) mass is 331 g/mol. The van der Waals surface area contributed by atoms with Crippen molar-refractivity contribution in [3.05, 3.63) is 47.3 Å². The van der Waals surface area contributed by atoms with Crippen molar-refractivity contribution < 1.29 is 4.74 Å². The SMILES string of the molecule is COc1ccc(CCSc2nnc(-c3cccs3)n2C)cc1. The van der Waals surface area contributed by atoms with Gasteiger partial charge in [0.15, 0.2) is 11.0 Å². The lowest BCUT2D eigenvalue weighted by molar-refractivity contribution is 0.414. The van der Waals surface area contributed by atoms with Crippen LogP contribution in [0.3, 0.4) is 0 Å². The van der Waals surface area contributed by atoms with E-state index in [0.29, 0.717) is 0 Å². The molecule has 0 aliphatic rings. The second-order valence-electron chi connectivity index (χ2n) is 4.79. The number of methoxy groups -OCH3 is 1. The Kier molecular flexibility index (Phi) is 4.80. The van der Waals surface area contributed by atoms with Gasteiger partial charge in [0.05, 0.1) is 12.0 Å². The highest BCUT2D eigenvalue weighted by Crippen LogP contribution is 2.26. The third-order valence-corrected chi connectivity index (χ3v) is 5.25. The average molecular weight is 331 g/mol. The summed E-state index contributed by atoms with van der Waals surface area (Å²) in [5, 5.41) is 11.6. The van der Waals surface area contributed by atoms with Crippen LogP contribution in [0.5, 0.6) is 5.75 Å². The molecule has 22 heavy (non-hydrogen) atoms. The van der Waals surface area contributed by atoms with E-state index in [1.165, 1.54) is 5.56 Å². The van der Waals surface area contributed by atoms with Crippen molar-refractivity contribution in [3.63, 3.8) is 0 Å². The Balaban J connectivity index is 1.60. The van der Waals surface area contributed by atoms with E-state index in [4.69, 9.17) is 4.74 Å². The third kappa shape index (κ3) is 3.34. The second-order valence-corrected chi connectivity index (χ2v) is 6.80. The van der Waals surface area contributed by atoms with Gasteiger partial charge in [-0.1, -0.05) is 30.0 Å². The van der Waals surface area contributed by atoms with E-state index < -0.39 is 0 Å². The average Bonchev–Trinajstić information content (AvgIpc) is 3.18. The fourth-order valence-corrected chi connectivity index (χ4v) is 3.76. The zero-order valence-electron chi connectivity index (χ0n) is 12.5. The topological polar surface area (TPSA) is 39.9 Å². The molecule has 0 N–H and O–H groups in total. The van der Waals surface area contributed by atoms with Crippen LogP contribution >= 0.6 is 23.1 Å². The first-order valence-corrected chi connectivity index (χ1v) is 8.83. The fourth-order valence-electron chi connectivity index (χ4n) is 2.11. The predicted molar refractivity (Wildman–Crippen MR) is 91.7 cm³/mol. The maximum atomic E-state index is 5.17. The molecule has 4 nitrogen and oxygen atoms in total. The largest absolute Gasteiger partial charge is 0.497 e. The van der Waals surface area contributed by atoms with Crippen molar-refractivity contribution in [2.75, 3.05) is 12.9 Å². The van der Waals surface area contributed by atoms with Gasteiger partial charge in [-0.05, 0) is 35.6 Å². The summed E-state index contributed by atoms with van der Waals surface area (Å²) in [5.74, 6) is 2.80. The van der Waals surface area contributed by atoms with Gasteiger partial charge < -0.3 is 9.30 Å². The molecule has 0 bridgehead atoms. The predicted octanol–water partition coefficient (Wildman–Crippen LogP) is 3.89. The Morgan fingerprint density at radius 3 is 2.68 bits per heavy atom. The summed E-state index contributed by atoms with van der Waals surface area (Å²) >= 11 is 3.42. The van der Waals surface area contributed by atoms with Gasteiger partial charge in [-0.15, -0.1) is 21.5 Å². The van der Waals surface area contributed by atoms with Crippen LogP contribution in [0.2, 0.25) is 0 Å². The number of hydrogen-bond acceptors (Lipinski definition) is 5. The zero-order chi connectivity index (χ0) is 15.4. The molecule has 6 heteroatoms. The molecule has 0 aliphatic heterocycles. The number of thiophene rings is 1. The smallest absolute Gasteiger partial charge is 0.191 e. The van der Waals surface area contributed by atoms with Crippen LogP contribution in [0.15, 0.2) is 46.9 Å². The van der Waals surface area contributed by atoms with Crippen molar-refractivity contribution in [2.24, 2.45) is 7.05 Å².